The van der Waals surface area contributed by atoms with Gasteiger partial charge in [0.1, 0.15) is 26.8 Å². The van der Waals surface area contributed by atoms with Crippen LogP contribution in [-0.4, -0.2) is 4.98 Å². The Balaban J connectivity index is 0.000000544. The highest BCUT2D eigenvalue weighted by atomic mass is 15.0. The number of nitrogens with zero attached hydrogens (tertiary/aromatic N) is 5. The maximum absolute atomic E-state index is 4.46. The van der Waals surface area contributed by atoms with Crippen LogP contribution in [0.4, 0.5) is 0 Å². The highest BCUT2D eigenvalue weighted by molar-refractivity contribution is 5.94. The average Bonchev–Trinajstić information content (AvgIpc) is 3.73. The van der Waals surface area contributed by atoms with Crippen molar-refractivity contribution in [3.8, 4) is 45.0 Å². The highest BCUT2D eigenvalue weighted by Gasteiger charge is 2.18. The fourth-order valence-electron chi connectivity index (χ4n) is 9.74. The fourth-order valence-corrected chi connectivity index (χ4v) is 9.74. The molecule has 0 N–H and O–H groups in total. The Morgan fingerprint density at radius 3 is 1.16 bits per heavy atom. The number of hydrogen-bond donors (Lipinski definition) is 0. The summed E-state index contributed by atoms with van der Waals surface area (Å²) in [5, 5.41) is 7.62. The summed E-state index contributed by atoms with van der Waals surface area (Å²) in [6.07, 6.45) is 6.20. The smallest absolute Gasteiger partial charge is 0.232 e. The zero-order chi connectivity index (χ0) is 66.1. The van der Waals surface area contributed by atoms with Crippen molar-refractivity contribution >= 4 is 43.4 Å². The lowest BCUT2D eigenvalue weighted by atomic mass is 10.00. The summed E-state index contributed by atoms with van der Waals surface area (Å²) >= 11 is 0. The van der Waals surface area contributed by atoms with E-state index in [1.165, 1.54) is 105 Å². The Labute approximate surface area is 534 Å². The molecule has 4 aromatic heterocycles. The van der Waals surface area contributed by atoms with E-state index in [9.17, 15) is 0 Å². The van der Waals surface area contributed by atoms with Gasteiger partial charge < -0.3 is 0 Å². The third-order valence-corrected chi connectivity index (χ3v) is 13.7. The van der Waals surface area contributed by atoms with Crippen LogP contribution in [0.15, 0.2) is 237 Å². The highest BCUT2D eigenvalue weighted by Crippen LogP contribution is 2.29. The molecule has 0 aliphatic heterocycles. The zero-order valence-electron chi connectivity index (χ0n) is 58.8. The van der Waals surface area contributed by atoms with Crippen LogP contribution in [0.3, 0.4) is 0 Å². The molecule has 4 heterocycles. The SMILES string of the molecule is CC.CC.CC.CC.CC.CC.CC.CC.Cc1ccccc1-c1c2ccccc2cc[n+]1C.Cc1ccccc1-c1c2ccccc2nc[n+]1C.Cc1ccccc1-c1cc2ccccc2c[n+]1C.Cc1ccccc1-c1ccc2ccccc2[n+]1C. The lowest BCUT2D eigenvalue weighted by molar-refractivity contribution is -0.662. The number of para-hydroxylation sites is 2. The van der Waals surface area contributed by atoms with Crippen LogP contribution < -0.4 is 18.3 Å². The van der Waals surface area contributed by atoms with Crippen LogP contribution in [0.25, 0.3) is 88.4 Å². The van der Waals surface area contributed by atoms with Crippen molar-refractivity contribution in [2.45, 2.75) is 138 Å². The summed E-state index contributed by atoms with van der Waals surface area (Å²) in [6.45, 7) is 40.6. The van der Waals surface area contributed by atoms with E-state index in [2.05, 4.69) is 297 Å². The number of benzene rings is 8. The van der Waals surface area contributed by atoms with Gasteiger partial charge in [-0.05, 0) is 120 Å². The van der Waals surface area contributed by atoms with E-state index >= 15 is 0 Å². The summed E-state index contributed by atoms with van der Waals surface area (Å²) < 4.78 is 8.75. The second kappa shape index (κ2) is 43.9. The number of rotatable bonds is 4. The van der Waals surface area contributed by atoms with Gasteiger partial charge in [0, 0.05) is 57.3 Å². The van der Waals surface area contributed by atoms with Crippen LogP contribution in [0, 0.1) is 27.7 Å². The molecule has 0 amide bonds. The number of fused-ring (bicyclic) bond motifs is 4. The van der Waals surface area contributed by atoms with Crippen molar-refractivity contribution in [2.75, 3.05) is 0 Å². The van der Waals surface area contributed by atoms with Gasteiger partial charge in [-0.15, -0.1) is 0 Å². The van der Waals surface area contributed by atoms with Crippen LogP contribution in [0.5, 0.6) is 0 Å². The van der Waals surface area contributed by atoms with Crippen LogP contribution >= 0.6 is 0 Å². The minimum atomic E-state index is 1.04. The molecular weight excluding hydrogens is 1070 g/mol. The summed E-state index contributed by atoms with van der Waals surface area (Å²) in [6, 6.07) is 76.6. The zero-order valence-corrected chi connectivity index (χ0v) is 58.8. The Hall–Kier alpha value is -8.67. The molecular formula is C83H111N5+4. The number of pyridine rings is 3. The van der Waals surface area contributed by atoms with E-state index in [0.717, 1.165) is 5.52 Å². The topological polar surface area (TPSA) is 28.4 Å². The molecule has 12 aromatic rings. The van der Waals surface area contributed by atoms with Crippen molar-refractivity contribution in [3.05, 3.63) is 259 Å². The van der Waals surface area contributed by atoms with Gasteiger partial charge in [-0.1, -0.05) is 250 Å². The normalized spacial score (nSPS) is 9.36. The van der Waals surface area contributed by atoms with E-state index in [1.54, 1.807) is 0 Å². The molecule has 0 saturated heterocycles. The predicted molar refractivity (Wildman–Crippen MR) is 390 cm³/mol. The van der Waals surface area contributed by atoms with E-state index in [-0.39, 0.29) is 0 Å². The average molecular weight is 1180 g/mol. The first kappa shape index (κ1) is 77.3. The summed E-state index contributed by atoms with van der Waals surface area (Å²) in [5.74, 6) is 0. The quantitative estimate of drug-likeness (QED) is 0.161. The minimum absolute atomic E-state index is 1.04. The van der Waals surface area contributed by atoms with Gasteiger partial charge in [0.15, 0.2) is 17.9 Å². The van der Waals surface area contributed by atoms with Gasteiger partial charge in [0.25, 0.3) is 6.33 Å². The van der Waals surface area contributed by atoms with Crippen molar-refractivity contribution in [3.63, 3.8) is 0 Å². The minimum Gasteiger partial charge on any atom is -0.232 e. The molecule has 464 valence electrons. The molecule has 0 aliphatic rings. The van der Waals surface area contributed by atoms with E-state index < -0.39 is 0 Å². The third-order valence-electron chi connectivity index (χ3n) is 13.7. The second-order valence-electron chi connectivity index (χ2n) is 18.6. The molecule has 0 radical (unpaired) electrons. The second-order valence-corrected chi connectivity index (χ2v) is 18.6. The molecule has 88 heavy (non-hydrogen) atoms. The first-order valence-electron chi connectivity index (χ1n) is 32.7. The predicted octanol–water partition coefficient (Wildman–Crippen LogP) is 22.2. The Kier molecular flexibility index (Phi) is 38.6. The summed E-state index contributed by atoms with van der Waals surface area (Å²) in [4.78, 5) is 4.46. The van der Waals surface area contributed by atoms with E-state index in [1.807, 2.05) is 130 Å². The summed E-state index contributed by atoms with van der Waals surface area (Å²) in [5.41, 5.74) is 17.7. The lowest BCUT2D eigenvalue weighted by Crippen LogP contribution is -2.32. The molecule has 0 atom stereocenters. The molecule has 0 unspecified atom stereocenters. The van der Waals surface area contributed by atoms with Gasteiger partial charge in [0.2, 0.25) is 22.6 Å². The molecule has 8 aromatic carbocycles. The Morgan fingerprint density at radius 1 is 0.284 bits per heavy atom. The van der Waals surface area contributed by atoms with E-state index in [4.69, 9.17) is 0 Å². The first-order valence-corrected chi connectivity index (χ1v) is 32.7. The Bertz CT molecular complexity index is 3690. The third kappa shape index (κ3) is 21.0. The molecule has 0 bridgehead atoms. The molecule has 0 fully saturated rings. The maximum atomic E-state index is 4.46. The van der Waals surface area contributed by atoms with Crippen molar-refractivity contribution in [1.29, 1.82) is 0 Å². The molecule has 0 saturated carbocycles. The van der Waals surface area contributed by atoms with Crippen molar-refractivity contribution in [1.82, 2.24) is 4.98 Å². The molecule has 0 spiro atoms. The maximum Gasteiger partial charge on any atom is 0.287 e. The number of aryl methyl sites for hydroxylation is 8. The standard InChI is InChI=1S/3C17H16N.C16H15N2.8C2H6/c1-13-7-3-6-10-16(13)17-11-14-8-4-5-9-15(14)12-18(17)2;1-13-7-3-5-9-15(13)17-16-10-6-4-8-14(16)11-12-18(17)2;1-13-7-3-5-9-15(13)17-12-11-14-8-4-6-10-16(14)18(17)2;1-12-7-3-4-8-13(12)16-14-9-5-6-10-15(14)17-11-18(16)2;8*1-2/h3*3-12H,1-2H3;3-11H,1-2H3;8*1-2H3/q4*+1;;;;;;;;. The molecule has 5 nitrogen and oxygen atoms in total. The first-order chi connectivity index (χ1) is 43.1. The Morgan fingerprint density at radius 2 is 0.659 bits per heavy atom. The van der Waals surface area contributed by atoms with Gasteiger partial charge in [-0.2, -0.15) is 4.57 Å². The molecule has 5 heteroatoms. The van der Waals surface area contributed by atoms with Crippen molar-refractivity contribution < 1.29 is 18.3 Å². The van der Waals surface area contributed by atoms with Crippen molar-refractivity contribution in [2.24, 2.45) is 28.2 Å². The molecule has 0 aliphatic carbocycles. The van der Waals surface area contributed by atoms with Crippen LogP contribution in [0.1, 0.15) is 133 Å². The van der Waals surface area contributed by atoms with Gasteiger partial charge in [-0.3, -0.25) is 0 Å². The summed E-state index contributed by atoms with van der Waals surface area (Å²) in [7, 11) is 8.38. The largest absolute Gasteiger partial charge is 0.287 e. The monoisotopic (exact) mass is 1180 g/mol. The lowest BCUT2D eigenvalue weighted by Gasteiger charge is -2.08. The molecule has 12 rings (SSSR count). The fraction of sp³-hybridized carbons (Fsp3) is 0.289. The van der Waals surface area contributed by atoms with Crippen LogP contribution in [0.2, 0.25) is 0 Å². The van der Waals surface area contributed by atoms with Crippen LogP contribution in [-0.2, 0) is 28.2 Å². The van der Waals surface area contributed by atoms with Gasteiger partial charge in [0.05, 0.1) is 17.8 Å². The van der Waals surface area contributed by atoms with E-state index in [0.29, 0.717) is 0 Å². The number of hydrogen-bond acceptors (Lipinski definition) is 1. The van der Waals surface area contributed by atoms with Gasteiger partial charge >= 0.3 is 0 Å². The number of aromatic nitrogens is 5. The van der Waals surface area contributed by atoms with Gasteiger partial charge in [-0.25, -0.2) is 13.7 Å².